The Morgan fingerprint density at radius 1 is 0.257 bits per heavy atom. The largest absolute Gasteiger partial charge is 0.454 e. The van der Waals surface area contributed by atoms with Crippen LogP contribution in [0.3, 0.4) is 0 Å². The van der Waals surface area contributed by atoms with Gasteiger partial charge in [-0.3, -0.25) is 0 Å². The zero-order valence-corrected chi connectivity index (χ0v) is 37.8. The van der Waals surface area contributed by atoms with E-state index in [1.807, 2.05) is 48.5 Å². The van der Waals surface area contributed by atoms with Crippen molar-refractivity contribution in [1.82, 2.24) is 0 Å². The lowest BCUT2D eigenvalue weighted by Gasteiger charge is -2.25. The van der Waals surface area contributed by atoms with Gasteiger partial charge in [-0.05, 0) is 78.9 Å². The maximum absolute atomic E-state index is 6.98. The predicted molar refractivity (Wildman–Crippen MR) is 288 cm³/mol. The van der Waals surface area contributed by atoms with E-state index in [4.69, 9.17) is 22.1 Å². The molecule has 328 valence electrons. The van der Waals surface area contributed by atoms with E-state index in [9.17, 15) is 0 Å². The maximum Gasteiger partial charge on any atom is 0.159 e. The highest BCUT2D eigenvalue weighted by molar-refractivity contribution is 7.26. The average molecular weight is 919 g/mol. The molecule has 70 heavy (non-hydrogen) atoms. The number of anilines is 6. The molecule has 0 unspecified atom stereocenters. The molecule has 0 fully saturated rings. The Hall–Kier alpha value is -9.24. The Morgan fingerprint density at radius 3 is 1.01 bits per heavy atom. The molecule has 0 bridgehead atoms. The summed E-state index contributed by atoms with van der Waals surface area (Å²) in [5.41, 5.74) is 13.7. The molecule has 0 saturated heterocycles. The number of hydrogen-bond donors (Lipinski definition) is 0. The number of thiophene rings is 1. The van der Waals surface area contributed by atoms with Crippen molar-refractivity contribution in [1.29, 1.82) is 0 Å². The van der Waals surface area contributed by atoms with E-state index in [-0.39, 0.29) is 0 Å². The molecule has 8 heteroatoms. The van der Waals surface area contributed by atoms with Gasteiger partial charge in [0.25, 0.3) is 0 Å². The first-order chi connectivity index (χ1) is 34.7. The molecule has 0 N–H and O–H groups in total. The number of nitrogens with zero attached hydrogens (tertiary/aromatic N) is 2. The minimum absolute atomic E-state index is 0.790. The molecule has 0 saturated carbocycles. The summed E-state index contributed by atoms with van der Waals surface area (Å²) >= 11 is 1.74. The number of furan rings is 5. The molecule has 10 aromatic carbocycles. The lowest BCUT2D eigenvalue weighted by Crippen LogP contribution is -2.10. The second-order valence-electron chi connectivity index (χ2n) is 17.9. The van der Waals surface area contributed by atoms with Crippen LogP contribution in [0.15, 0.2) is 228 Å². The quantitative estimate of drug-likeness (QED) is 0.164. The maximum atomic E-state index is 6.98. The van der Waals surface area contributed by atoms with Gasteiger partial charge in [0.05, 0.1) is 33.1 Å². The van der Waals surface area contributed by atoms with Gasteiger partial charge in [-0.15, -0.1) is 11.3 Å². The van der Waals surface area contributed by atoms with Crippen LogP contribution in [0, 0.1) is 0 Å². The van der Waals surface area contributed by atoms with Crippen molar-refractivity contribution in [2.24, 2.45) is 0 Å². The number of rotatable bonds is 6. The fraction of sp³-hybridized carbons (Fsp3) is 0. The van der Waals surface area contributed by atoms with Crippen molar-refractivity contribution >= 4 is 165 Å². The molecular weight excluding hydrogens is 885 g/mol. The molecule has 6 heterocycles. The number of benzene rings is 10. The van der Waals surface area contributed by atoms with E-state index in [1.165, 1.54) is 0 Å². The van der Waals surface area contributed by atoms with Crippen molar-refractivity contribution in [2.45, 2.75) is 0 Å². The van der Waals surface area contributed by atoms with E-state index >= 15 is 0 Å². The zero-order chi connectivity index (χ0) is 45.6. The predicted octanol–water partition coefficient (Wildman–Crippen LogP) is 19.3. The van der Waals surface area contributed by atoms with Crippen LogP contribution in [0.25, 0.3) is 119 Å². The average Bonchev–Trinajstić information content (AvgIpc) is 4.27. The molecule has 0 aliphatic heterocycles. The van der Waals surface area contributed by atoms with Gasteiger partial charge in [-0.25, -0.2) is 0 Å². The van der Waals surface area contributed by atoms with E-state index in [0.29, 0.717) is 0 Å². The Balaban J connectivity index is 0.882. The molecule has 16 rings (SSSR count). The molecule has 6 aromatic heterocycles. The highest BCUT2D eigenvalue weighted by Crippen LogP contribution is 2.51. The minimum atomic E-state index is 0.790. The number of para-hydroxylation sites is 8. The van der Waals surface area contributed by atoms with Crippen LogP contribution in [0.2, 0.25) is 0 Å². The molecule has 0 aliphatic carbocycles. The van der Waals surface area contributed by atoms with Crippen LogP contribution in [0.5, 0.6) is 0 Å². The molecule has 7 nitrogen and oxygen atoms in total. The topological polar surface area (TPSA) is 72.2 Å². The summed E-state index contributed by atoms with van der Waals surface area (Å²) < 4.78 is 36.0. The van der Waals surface area contributed by atoms with Crippen molar-refractivity contribution in [3.8, 4) is 0 Å². The molecule has 0 amide bonds. The van der Waals surface area contributed by atoms with Crippen molar-refractivity contribution in [3.05, 3.63) is 206 Å². The summed E-state index contributed by atoms with van der Waals surface area (Å²) in [6.07, 6.45) is 0. The number of fused-ring (bicyclic) bond motifs is 17. The van der Waals surface area contributed by atoms with Crippen LogP contribution < -0.4 is 9.80 Å². The van der Waals surface area contributed by atoms with Crippen LogP contribution >= 0.6 is 11.3 Å². The molecular formula is C62H34N2O5S. The summed E-state index contributed by atoms with van der Waals surface area (Å²) in [6.45, 7) is 0. The zero-order valence-electron chi connectivity index (χ0n) is 37.0. The fourth-order valence-electron chi connectivity index (χ4n) is 11.0. The van der Waals surface area contributed by atoms with Gasteiger partial charge >= 0.3 is 0 Å². The Kier molecular flexibility index (Phi) is 7.64. The smallest absolute Gasteiger partial charge is 0.159 e. The third-order valence-electron chi connectivity index (χ3n) is 14.1. The van der Waals surface area contributed by atoms with E-state index in [2.05, 4.69) is 168 Å². The molecule has 0 spiro atoms. The molecule has 0 aliphatic rings. The van der Waals surface area contributed by atoms with Gasteiger partial charge in [-0.1, -0.05) is 121 Å². The van der Waals surface area contributed by atoms with Gasteiger partial charge < -0.3 is 31.9 Å². The van der Waals surface area contributed by atoms with Gasteiger partial charge in [0.1, 0.15) is 27.9 Å². The molecule has 0 radical (unpaired) electrons. The van der Waals surface area contributed by atoms with Crippen LogP contribution in [-0.2, 0) is 0 Å². The van der Waals surface area contributed by atoms with Gasteiger partial charge in [0.15, 0.2) is 27.9 Å². The molecule has 0 atom stereocenters. The van der Waals surface area contributed by atoms with Crippen LogP contribution in [0.4, 0.5) is 34.1 Å². The highest BCUT2D eigenvalue weighted by atomic mass is 32.1. The Bertz CT molecular complexity index is 4300. The summed E-state index contributed by atoms with van der Waals surface area (Å²) in [7, 11) is 0. The summed E-state index contributed by atoms with van der Waals surface area (Å²) in [6, 6.07) is 71.5. The van der Waals surface area contributed by atoms with Gasteiger partial charge in [0.2, 0.25) is 0 Å². The van der Waals surface area contributed by atoms with Crippen molar-refractivity contribution in [2.75, 3.05) is 9.80 Å². The molecule has 16 aromatic rings. The summed E-state index contributed by atoms with van der Waals surface area (Å²) in [5, 5.41) is 10.6. The SMILES string of the molecule is c1ccc2c(c1)oc1c(N(c3ccc4c(c3)oc3c5ccc(N(c6cccc7c6oc6ccccc67)c6cccc7c6oc6ccccc67)cc5sc43)c3cccc4c3oc3ccccc34)cccc12. The second-order valence-corrected chi connectivity index (χ2v) is 19.0. The lowest BCUT2D eigenvalue weighted by molar-refractivity contribution is 0.665. The lowest BCUT2D eigenvalue weighted by atomic mass is 10.1. The summed E-state index contributed by atoms with van der Waals surface area (Å²) in [5.74, 6) is 0. The first-order valence-electron chi connectivity index (χ1n) is 23.3. The summed E-state index contributed by atoms with van der Waals surface area (Å²) in [4.78, 5) is 4.52. The minimum Gasteiger partial charge on any atom is -0.454 e. The normalized spacial score (nSPS) is 12.3. The first kappa shape index (κ1) is 37.8. The Morgan fingerprint density at radius 2 is 0.600 bits per heavy atom. The van der Waals surface area contributed by atoms with E-state index in [1.54, 1.807) is 11.3 Å². The number of hydrogen-bond acceptors (Lipinski definition) is 8. The monoisotopic (exact) mass is 918 g/mol. The van der Waals surface area contributed by atoms with Gasteiger partial charge in [-0.2, -0.15) is 0 Å². The Labute approximate surface area is 400 Å². The van der Waals surface area contributed by atoms with Crippen molar-refractivity contribution in [3.63, 3.8) is 0 Å². The first-order valence-corrected chi connectivity index (χ1v) is 24.1. The third-order valence-corrected chi connectivity index (χ3v) is 15.2. The van der Waals surface area contributed by atoms with Crippen LogP contribution in [-0.4, -0.2) is 0 Å². The van der Waals surface area contributed by atoms with Gasteiger partial charge in [0, 0.05) is 70.3 Å². The second kappa shape index (κ2) is 14.1. The standard InChI is InChI=1S/C62H34N2O5S/c1-5-25-51-37(13-1)41-17-9-21-47(57(41)65-51)63(48-22-10-18-42-38-14-2-6-26-52(38)66-58(42)48)35-29-31-45-55(33-35)69-61-46-32-30-36(34-56(46)70-62(45)61)64(49-23-11-19-43-39-15-3-7-27-53(39)67-59(43)49)50-24-12-20-44-40-16-4-8-28-54(40)68-60(44)50/h1-34H. The van der Waals surface area contributed by atoms with E-state index in [0.717, 1.165) is 153 Å². The van der Waals surface area contributed by atoms with Crippen LogP contribution in [0.1, 0.15) is 0 Å². The van der Waals surface area contributed by atoms with E-state index < -0.39 is 0 Å². The van der Waals surface area contributed by atoms with Crippen molar-refractivity contribution < 1.29 is 22.1 Å². The third kappa shape index (κ3) is 5.28. The fourth-order valence-corrected chi connectivity index (χ4v) is 12.2. The highest BCUT2D eigenvalue weighted by Gasteiger charge is 2.27.